The van der Waals surface area contributed by atoms with Crippen LogP contribution in [0, 0.1) is 0 Å². The van der Waals surface area contributed by atoms with E-state index in [1.807, 2.05) is 0 Å². The van der Waals surface area contributed by atoms with E-state index in [2.05, 4.69) is 9.97 Å². The average Bonchev–Trinajstić information content (AvgIpc) is 2.62. The number of ether oxygens (including phenoxy) is 2. The van der Waals surface area contributed by atoms with Crippen LogP contribution < -0.4 is 4.74 Å². The monoisotopic (exact) mass is 384 g/mol. The van der Waals surface area contributed by atoms with Gasteiger partial charge in [-0.3, -0.25) is 14.5 Å². The first-order valence-electron chi connectivity index (χ1n) is 7.46. The molecule has 0 aromatic carbocycles. The van der Waals surface area contributed by atoms with Gasteiger partial charge in [-0.15, -0.1) is 0 Å². The van der Waals surface area contributed by atoms with Crippen LogP contribution in [-0.4, -0.2) is 68.3 Å². The maximum atomic E-state index is 11.3. The molecular weight excluding hydrogens is 368 g/mol. The lowest BCUT2D eigenvalue weighted by molar-refractivity contribution is -0.254. The van der Waals surface area contributed by atoms with E-state index < -0.39 is 40.2 Å². The molecule has 11 heteroatoms. The maximum Gasteiger partial charge on any atom is 0.295 e. The van der Waals surface area contributed by atoms with E-state index in [1.165, 1.54) is 12.4 Å². The summed E-state index contributed by atoms with van der Waals surface area (Å²) in [6.45, 7) is 0. The van der Waals surface area contributed by atoms with Crippen LogP contribution in [0.5, 0.6) is 5.75 Å². The standard InChI is InChI=1S/C15H16N2O8S/c18-11-12(19)14(25-15(13(11)20)26(21,22)23)24-10-7-17-6-3-9(10)8-1-4-16-5-2-8/h1-7,11-15,18-20H,(H,21,22,23)/t11-,12-,13+,14-,15?/m1/s1. The van der Waals surface area contributed by atoms with Crippen molar-refractivity contribution in [3.8, 4) is 16.9 Å². The van der Waals surface area contributed by atoms with Crippen LogP contribution in [0.2, 0.25) is 0 Å². The first kappa shape index (κ1) is 18.6. The zero-order chi connectivity index (χ0) is 18.9. The quantitative estimate of drug-likeness (QED) is 0.490. The number of aliphatic hydroxyl groups excluding tert-OH is 3. The molecule has 0 radical (unpaired) electrons. The lowest BCUT2D eigenvalue weighted by Gasteiger charge is -2.38. The molecule has 2 aromatic heterocycles. The Morgan fingerprint density at radius 3 is 2.27 bits per heavy atom. The molecule has 0 bridgehead atoms. The molecule has 3 heterocycles. The van der Waals surface area contributed by atoms with E-state index in [9.17, 15) is 23.7 Å². The van der Waals surface area contributed by atoms with Crippen LogP contribution in [0.1, 0.15) is 0 Å². The van der Waals surface area contributed by atoms with Crippen LogP contribution in [0.4, 0.5) is 0 Å². The fraction of sp³-hybridized carbons (Fsp3) is 0.333. The maximum absolute atomic E-state index is 11.3. The van der Waals surface area contributed by atoms with Gasteiger partial charge in [-0.25, -0.2) is 0 Å². The van der Waals surface area contributed by atoms with Gasteiger partial charge in [0.1, 0.15) is 24.1 Å². The molecule has 140 valence electrons. The fourth-order valence-electron chi connectivity index (χ4n) is 2.53. The van der Waals surface area contributed by atoms with Crippen molar-refractivity contribution in [1.29, 1.82) is 0 Å². The Labute approximate surface area is 148 Å². The van der Waals surface area contributed by atoms with Gasteiger partial charge in [-0.1, -0.05) is 0 Å². The Hall–Kier alpha value is -2.15. The molecule has 0 amide bonds. The molecular formula is C15H16N2O8S. The van der Waals surface area contributed by atoms with Gasteiger partial charge >= 0.3 is 0 Å². The summed E-state index contributed by atoms with van der Waals surface area (Å²) in [5.41, 5.74) is -0.927. The molecule has 2 aromatic rings. The minimum Gasteiger partial charge on any atom is -0.460 e. The summed E-state index contributed by atoms with van der Waals surface area (Å²) in [7, 11) is -4.87. The summed E-state index contributed by atoms with van der Waals surface area (Å²) in [6.07, 6.45) is -1.49. The molecule has 1 unspecified atom stereocenters. The molecule has 4 N–H and O–H groups in total. The highest BCUT2D eigenvalue weighted by Gasteiger charge is 2.50. The zero-order valence-electron chi connectivity index (χ0n) is 13.2. The first-order chi connectivity index (χ1) is 12.3. The number of pyridine rings is 2. The van der Waals surface area contributed by atoms with Gasteiger partial charge in [-0.05, 0) is 23.8 Å². The van der Waals surface area contributed by atoms with Crippen molar-refractivity contribution in [2.75, 3.05) is 0 Å². The van der Waals surface area contributed by atoms with Crippen LogP contribution in [0.25, 0.3) is 11.1 Å². The third kappa shape index (κ3) is 3.67. The molecule has 0 aliphatic carbocycles. The Kier molecular flexibility index (Phi) is 5.18. The van der Waals surface area contributed by atoms with Gasteiger partial charge in [0.25, 0.3) is 10.1 Å². The highest BCUT2D eigenvalue weighted by atomic mass is 32.2. The Morgan fingerprint density at radius 1 is 0.962 bits per heavy atom. The smallest absolute Gasteiger partial charge is 0.295 e. The van der Waals surface area contributed by atoms with Crippen LogP contribution in [-0.2, 0) is 14.9 Å². The molecule has 3 rings (SSSR count). The summed E-state index contributed by atoms with van der Waals surface area (Å²) < 4.78 is 42.3. The fourth-order valence-corrected chi connectivity index (χ4v) is 3.29. The number of nitrogens with zero attached hydrogens (tertiary/aromatic N) is 2. The van der Waals surface area contributed by atoms with Gasteiger partial charge in [0, 0.05) is 24.2 Å². The van der Waals surface area contributed by atoms with Crippen molar-refractivity contribution in [2.24, 2.45) is 0 Å². The van der Waals surface area contributed by atoms with Crippen LogP contribution in [0.15, 0.2) is 43.0 Å². The van der Waals surface area contributed by atoms with E-state index in [0.717, 1.165) is 0 Å². The number of hydrogen-bond acceptors (Lipinski definition) is 9. The van der Waals surface area contributed by atoms with E-state index in [0.29, 0.717) is 11.1 Å². The largest absolute Gasteiger partial charge is 0.460 e. The summed E-state index contributed by atoms with van der Waals surface area (Å²) >= 11 is 0. The van der Waals surface area contributed by atoms with Crippen LogP contribution >= 0.6 is 0 Å². The number of aromatic nitrogens is 2. The van der Waals surface area contributed by atoms with Crippen molar-refractivity contribution in [3.63, 3.8) is 0 Å². The third-order valence-corrected chi connectivity index (χ3v) is 4.82. The summed E-state index contributed by atoms with van der Waals surface area (Å²) in [4.78, 5) is 7.81. The lowest BCUT2D eigenvalue weighted by Crippen LogP contribution is -2.61. The predicted octanol–water partition coefficient (Wildman–Crippen LogP) is -0.825. The first-order valence-corrected chi connectivity index (χ1v) is 8.96. The molecule has 26 heavy (non-hydrogen) atoms. The predicted molar refractivity (Wildman–Crippen MR) is 86.3 cm³/mol. The topological polar surface area (TPSA) is 159 Å². The minimum atomic E-state index is -4.87. The molecule has 5 atom stereocenters. The van der Waals surface area contributed by atoms with Crippen molar-refractivity contribution >= 4 is 10.1 Å². The van der Waals surface area contributed by atoms with Gasteiger partial charge < -0.3 is 24.8 Å². The number of hydrogen-bond donors (Lipinski definition) is 4. The Morgan fingerprint density at radius 2 is 1.62 bits per heavy atom. The Bertz CT molecular complexity index is 863. The molecule has 1 aliphatic heterocycles. The van der Waals surface area contributed by atoms with Crippen molar-refractivity contribution < 1.29 is 37.8 Å². The molecule has 10 nitrogen and oxygen atoms in total. The van der Waals surface area contributed by atoms with Gasteiger partial charge in [0.05, 0.1) is 6.20 Å². The second kappa shape index (κ2) is 7.23. The van der Waals surface area contributed by atoms with Gasteiger partial charge in [0.2, 0.25) is 11.7 Å². The zero-order valence-corrected chi connectivity index (χ0v) is 14.0. The molecule has 1 aliphatic rings. The van der Waals surface area contributed by atoms with E-state index in [-0.39, 0.29) is 5.75 Å². The SMILES string of the molecule is O=S(=O)(O)C1O[C@@H](Oc2cnccc2-c2ccncc2)[C@H](O)[C@@H](O)[C@@H]1O. The van der Waals surface area contributed by atoms with Crippen molar-refractivity contribution in [2.45, 2.75) is 30.0 Å². The molecule has 0 saturated carbocycles. The van der Waals surface area contributed by atoms with Gasteiger partial charge in [-0.2, -0.15) is 8.42 Å². The lowest BCUT2D eigenvalue weighted by atomic mass is 10.0. The number of rotatable bonds is 4. The van der Waals surface area contributed by atoms with Crippen molar-refractivity contribution in [3.05, 3.63) is 43.0 Å². The number of aliphatic hydroxyl groups is 3. The molecule has 0 spiro atoms. The summed E-state index contributed by atoms with van der Waals surface area (Å²) in [5, 5.41) is 29.6. The van der Waals surface area contributed by atoms with E-state index >= 15 is 0 Å². The third-order valence-electron chi connectivity index (χ3n) is 3.84. The molecule has 1 fully saturated rings. The minimum absolute atomic E-state index is 0.125. The van der Waals surface area contributed by atoms with Crippen molar-refractivity contribution in [1.82, 2.24) is 9.97 Å². The highest BCUT2D eigenvalue weighted by Crippen LogP contribution is 2.32. The van der Waals surface area contributed by atoms with Crippen LogP contribution in [0.3, 0.4) is 0 Å². The molecule has 1 saturated heterocycles. The second-order valence-corrected chi connectivity index (χ2v) is 7.08. The highest BCUT2D eigenvalue weighted by molar-refractivity contribution is 7.86. The van der Waals surface area contributed by atoms with E-state index in [1.54, 1.807) is 30.6 Å². The van der Waals surface area contributed by atoms with E-state index in [4.69, 9.17) is 14.0 Å². The Balaban J connectivity index is 1.91. The normalized spacial score (nSPS) is 29.3. The summed E-state index contributed by atoms with van der Waals surface area (Å²) in [6, 6.07) is 5.01. The second-order valence-electron chi connectivity index (χ2n) is 5.59. The van der Waals surface area contributed by atoms with Gasteiger partial charge in [0.15, 0.2) is 0 Å². The average molecular weight is 384 g/mol. The summed E-state index contributed by atoms with van der Waals surface area (Å²) in [5.74, 6) is 0.125.